The van der Waals surface area contributed by atoms with Gasteiger partial charge in [0.1, 0.15) is 0 Å². The van der Waals surface area contributed by atoms with Crippen LogP contribution in [0.15, 0.2) is 33.4 Å². The molecule has 2 aromatic heterocycles. The summed E-state index contributed by atoms with van der Waals surface area (Å²) in [7, 11) is 0. The summed E-state index contributed by atoms with van der Waals surface area (Å²) < 4.78 is 1.01. The largest absolute Gasteiger partial charge is 0.335 e. The van der Waals surface area contributed by atoms with Crippen molar-refractivity contribution in [2.45, 2.75) is 6.54 Å². The molecule has 3 nitrogen and oxygen atoms in total. The van der Waals surface area contributed by atoms with E-state index < -0.39 is 0 Å². The van der Waals surface area contributed by atoms with Crippen molar-refractivity contribution < 1.29 is 4.79 Å². The van der Waals surface area contributed by atoms with Crippen LogP contribution in [0.2, 0.25) is 0 Å². The van der Waals surface area contributed by atoms with E-state index in [2.05, 4.69) is 38.3 Å². The molecule has 0 bridgehead atoms. The molecule has 3 rings (SSSR count). The molecule has 1 aliphatic rings. The third-order valence-corrected chi connectivity index (χ3v) is 5.88. The predicted molar refractivity (Wildman–Crippen MR) is 87.5 cm³/mol. The summed E-state index contributed by atoms with van der Waals surface area (Å²) >= 11 is 6.71. The highest BCUT2D eigenvalue weighted by Gasteiger charge is 2.23. The minimum absolute atomic E-state index is 0.163. The Kier molecular flexibility index (Phi) is 4.55. The zero-order valence-corrected chi connectivity index (χ0v) is 14.1. The number of hydrogen-bond acceptors (Lipinski definition) is 4. The van der Waals surface area contributed by atoms with Crippen LogP contribution in [0.5, 0.6) is 0 Å². The van der Waals surface area contributed by atoms with Crippen molar-refractivity contribution in [2.24, 2.45) is 0 Å². The van der Waals surface area contributed by atoms with Gasteiger partial charge in [-0.25, -0.2) is 0 Å². The molecule has 0 radical (unpaired) electrons. The van der Waals surface area contributed by atoms with Gasteiger partial charge in [-0.15, -0.1) is 22.7 Å². The number of rotatable bonds is 3. The van der Waals surface area contributed by atoms with Crippen LogP contribution in [0, 0.1) is 0 Å². The number of thiophene rings is 2. The van der Waals surface area contributed by atoms with Gasteiger partial charge in [0.05, 0.1) is 8.66 Å². The number of halogens is 1. The second-order valence-electron chi connectivity index (χ2n) is 4.75. The molecule has 0 saturated carbocycles. The molecule has 6 heteroatoms. The Morgan fingerprint density at radius 3 is 2.60 bits per heavy atom. The van der Waals surface area contributed by atoms with E-state index in [-0.39, 0.29) is 5.91 Å². The van der Waals surface area contributed by atoms with E-state index in [0.29, 0.717) is 0 Å². The minimum atomic E-state index is 0.163. The summed E-state index contributed by atoms with van der Waals surface area (Å²) in [4.78, 5) is 18.9. The number of hydrogen-bond donors (Lipinski definition) is 0. The van der Waals surface area contributed by atoms with E-state index in [4.69, 9.17) is 0 Å². The fraction of sp³-hybridized carbons (Fsp3) is 0.357. The molecule has 1 aliphatic heterocycles. The van der Waals surface area contributed by atoms with Crippen LogP contribution in [0.3, 0.4) is 0 Å². The highest BCUT2D eigenvalue weighted by Crippen LogP contribution is 2.24. The van der Waals surface area contributed by atoms with E-state index in [0.717, 1.165) is 41.4 Å². The Hall–Kier alpha value is -0.690. The van der Waals surface area contributed by atoms with Gasteiger partial charge >= 0.3 is 0 Å². The Morgan fingerprint density at radius 1 is 1.20 bits per heavy atom. The molecule has 3 heterocycles. The van der Waals surface area contributed by atoms with Gasteiger partial charge in [0.2, 0.25) is 0 Å². The summed E-state index contributed by atoms with van der Waals surface area (Å²) in [5, 5.41) is 2.11. The lowest BCUT2D eigenvalue weighted by atomic mass is 10.3. The maximum Gasteiger partial charge on any atom is 0.264 e. The van der Waals surface area contributed by atoms with Crippen LogP contribution in [0.4, 0.5) is 0 Å². The molecule has 0 aromatic carbocycles. The number of piperazine rings is 1. The molecule has 0 aliphatic carbocycles. The molecule has 0 spiro atoms. The van der Waals surface area contributed by atoms with Crippen LogP contribution in [-0.4, -0.2) is 41.9 Å². The van der Waals surface area contributed by atoms with Crippen LogP contribution in [0.25, 0.3) is 0 Å². The number of amides is 1. The van der Waals surface area contributed by atoms with Crippen LogP contribution < -0.4 is 0 Å². The quantitative estimate of drug-likeness (QED) is 0.824. The lowest BCUT2D eigenvalue weighted by Gasteiger charge is -2.34. The fourth-order valence-electron chi connectivity index (χ4n) is 2.32. The van der Waals surface area contributed by atoms with Gasteiger partial charge in [-0.2, -0.15) is 0 Å². The summed E-state index contributed by atoms with van der Waals surface area (Å²) in [5.74, 6) is 0.163. The van der Waals surface area contributed by atoms with E-state index in [1.54, 1.807) is 11.3 Å². The van der Waals surface area contributed by atoms with Crippen molar-refractivity contribution in [3.63, 3.8) is 0 Å². The standard InChI is InChI=1S/C14H15BrN2OS2/c15-13-4-3-12(20-13)14(18)17-7-5-16(6-8-17)10-11-2-1-9-19-11/h1-4,9H,5-8,10H2. The normalized spacial score (nSPS) is 16.6. The van der Waals surface area contributed by atoms with Crippen LogP contribution in [-0.2, 0) is 6.54 Å². The average Bonchev–Trinajstić information content (AvgIpc) is 3.10. The first-order valence-corrected chi connectivity index (χ1v) is 9.00. The molecule has 0 unspecified atom stereocenters. The molecule has 2 aromatic rings. The summed E-state index contributed by atoms with van der Waals surface area (Å²) in [6.07, 6.45) is 0. The van der Waals surface area contributed by atoms with E-state index >= 15 is 0 Å². The molecule has 106 valence electrons. The molecule has 1 saturated heterocycles. The van der Waals surface area contributed by atoms with Crippen LogP contribution >= 0.6 is 38.6 Å². The lowest BCUT2D eigenvalue weighted by Crippen LogP contribution is -2.48. The number of nitrogens with zero attached hydrogens (tertiary/aromatic N) is 2. The van der Waals surface area contributed by atoms with Crippen molar-refractivity contribution in [2.75, 3.05) is 26.2 Å². The predicted octanol–water partition coefficient (Wildman–Crippen LogP) is 3.53. The smallest absolute Gasteiger partial charge is 0.264 e. The number of carbonyl (C=O) groups is 1. The maximum absolute atomic E-state index is 12.3. The van der Waals surface area contributed by atoms with E-state index in [1.165, 1.54) is 16.2 Å². The van der Waals surface area contributed by atoms with E-state index in [1.807, 2.05) is 17.0 Å². The van der Waals surface area contributed by atoms with Crippen molar-refractivity contribution in [1.82, 2.24) is 9.80 Å². The summed E-state index contributed by atoms with van der Waals surface area (Å²) in [6.45, 7) is 4.55. The third-order valence-electron chi connectivity index (χ3n) is 3.40. The van der Waals surface area contributed by atoms with Gasteiger partial charge in [0, 0.05) is 37.6 Å². The number of carbonyl (C=O) groups excluding carboxylic acids is 1. The van der Waals surface area contributed by atoms with Crippen LogP contribution in [0.1, 0.15) is 14.5 Å². The van der Waals surface area contributed by atoms with E-state index in [9.17, 15) is 4.79 Å². The highest BCUT2D eigenvalue weighted by molar-refractivity contribution is 9.11. The average molecular weight is 371 g/mol. The SMILES string of the molecule is O=C(c1ccc(Br)s1)N1CCN(Cc2cccs2)CC1. The molecule has 0 atom stereocenters. The topological polar surface area (TPSA) is 23.6 Å². The second kappa shape index (κ2) is 6.39. The lowest BCUT2D eigenvalue weighted by molar-refractivity contribution is 0.0634. The molecular formula is C14H15BrN2OS2. The third kappa shape index (κ3) is 3.31. The zero-order chi connectivity index (χ0) is 13.9. The molecule has 20 heavy (non-hydrogen) atoms. The monoisotopic (exact) mass is 370 g/mol. The molecule has 1 fully saturated rings. The molecule has 0 N–H and O–H groups in total. The first kappa shape index (κ1) is 14.3. The van der Waals surface area contributed by atoms with Gasteiger partial charge in [-0.05, 0) is 39.5 Å². The molecule has 1 amide bonds. The van der Waals surface area contributed by atoms with Gasteiger partial charge in [-0.3, -0.25) is 9.69 Å². The first-order valence-electron chi connectivity index (χ1n) is 6.52. The Balaban J connectivity index is 1.54. The van der Waals surface area contributed by atoms with Gasteiger partial charge < -0.3 is 4.90 Å². The van der Waals surface area contributed by atoms with Gasteiger partial charge in [0.25, 0.3) is 5.91 Å². The summed E-state index contributed by atoms with van der Waals surface area (Å²) in [6, 6.07) is 8.10. The Bertz CT molecular complexity index is 574. The van der Waals surface area contributed by atoms with Gasteiger partial charge in [-0.1, -0.05) is 6.07 Å². The first-order chi connectivity index (χ1) is 9.72. The Morgan fingerprint density at radius 2 is 2.00 bits per heavy atom. The Labute approximate surface area is 135 Å². The molecular weight excluding hydrogens is 356 g/mol. The summed E-state index contributed by atoms with van der Waals surface area (Å²) in [5.41, 5.74) is 0. The zero-order valence-electron chi connectivity index (χ0n) is 10.9. The highest BCUT2D eigenvalue weighted by atomic mass is 79.9. The van der Waals surface area contributed by atoms with Crippen molar-refractivity contribution >= 4 is 44.5 Å². The van der Waals surface area contributed by atoms with Crippen molar-refractivity contribution in [3.8, 4) is 0 Å². The minimum Gasteiger partial charge on any atom is -0.335 e. The maximum atomic E-state index is 12.3. The van der Waals surface area contributed by atoms with Gasteiger partial charge in [0.15, 0.2) is 0 Å². The van der Waals surface area contributed by atoms with Crippen molar-refractivity contribution in [3.05, 3.63) is 43.2 Å². The second-order valence-corrected chi connectivity index (χ2v) is 8.25. The van der Waals surface area contributed by atoms with Crippen molar-refractivity contribution in [1.29, 1.82) is 0 Å². The fourth-order valence-corrected chi connectivity index (χ4v) is 4.42.